The molecule has 0 N–H and O–H groups in total. The van der Waals surface area contributed by atoms with E-state index in [2.05, 4.69) is 14.8 Å². The second-order valence-electron chi connectivity index (χ2n) is 8.47. The number of pyridine rings is 1. The second-order valence-corrected chi connectivity index (χ2v) is 8.47. The Balaban J connectivity index is 1.14. The quantitative estimate of drug-likeness (QED) is 0.623. The van der Waals surface area contributed by atoms with Crippen LogP contribution in [0, 0.1) is 0 Å². The molecule has 8 heteroatoms. The zero-order chi connectivity index (χ0) is 22.4. The van der Waals surface area contributed by atoms with Crippen LogP contribution < -0.4 is 9.47 Å². The largest absolute Gasteiger partial charge is 0.492 e. The number of halogens is 3. The number of para-hydroxylation sites is 1. The van der Waals surface area contributed by atoms with Crippen LogP contribution in [0.2, 0.25) is 0 Å². The van der Waals surface area contributed by atoms with Gasteiger partial charge in [-0.3, -0.25) is 4.90 Å². The van der Waals surface area contributed by atoms with Crippen LogP contribution in [0.5, 0.6) is 11.6 Å². The molecule has 0 saturated carbocycles. The van der Waals surface area contributed by atoms with Crippen LogP contribution in [-0.4, -0.2) is 66.3 Å². The maximum Gasteiger partial charge on any atom is 0.417 e. The van der Waals surface area contributed by atoms with E-state index in [1.807, 2.05) is 30.3 Å². The van der Waals surface area contributed by atoms with E-state index >= 15 is 0 Å². The number of nitrogens with zero attached hydrogens (tertiary/aromatic N) is 3. The molecule has 0 atom stereocenters. The van der Waals surface area contributed by atoms with E-state index in [-0.39, 0.29) is 12.0 Å². The minimum atomic E-state index is -4.37. The van der Waals surface area contributed by atoms with Crippen LogP contribution >= 0.6 is 0 Å². The summed E-state index contributed by atoms with van der Waals surface area (Å²) in [5, 5.41) is 0. The predicted octanol–water partition coefficient (Wildman–Crippen LogP) is 4.49. The van der Waals surface area contributed by atoms with Crippen molar-refractivity contribution in [2.45, 2.75) is 44.0 Å². The molecule has 0 aliphatic carbocycles. The maximum absolute atomic E-state index is 12.7. The highest BCUT2D eigenvalue weighted by atomic mass is 19.4. The second kappa shape index (κ2) is 10.5. The monoisotopic (exact) mass is 449 g/mol. The lowest BCUT2D eigenvalue weighted by molar-refractivity contribution is -0.137. The summed E-state index contributed by atoms with van der Waals surface area (Å²) in [5.74, 6) is 1.18. The fourth-order valence-electron chi connectivity index (χ4n) is 4.46. The lowest BCUT2D eigenvalue weighted by Gasteiger charge is -2.41. The molecule has 0 amide bonds. The van der Waals surface area contributed by atoms with E-state index in [9.17, 15) is 13.2 Å². The fourth-order valence-corrected chi connectivity index (χ4v) is 4.46. The Bertz CT molecular complexity index is 817. The molecule has 3 heterocycles. The molecular weight excluding hydrogens is 419 g/mol. The third-order valence-corrected chi connectivity index (χ3v) is 6.32. The summed E-state index contributed by atoms with van der Waals surface area (Å²) in [5.41, 5.74) is -0.752. The normalized spacial score (nSPS) is 19.7. The summed E-state index contributed by atoms with van der Waals surface area (Å²) in [6.07, 6.45) is 0.506. The van der Waals surface area contributed by atoms with Crippen molar-refractivity contribution in [3.63, 3.8) is 0 Å². The zero-order valence-electron chi connectivity index (χ0n) is 18.1. The lowest BCUT2D eigenvalue weighted by atomic mass is 9.99. The molecule has 0 unspecified atom stereocenters. The van der Waals surface area contributed by atoms with E-state index in [4.69, 9.17) is 9.47 Å². The van der Waals surface area contributed by atoms with Gasteiger partial charge < -0.3 is 14.4 Å². The van der Waals surface area contributed by atoms with Gasteiger partial charge in [0.25, 0.3) is 0 Å². The molecule has 2 aliphatic heterocycles. The highest BCUT2D eigenvalue weighted by Crippen LogP contribution is 2.30. The van der Waals surface area contributed by atoms with E-state index in [1.54, 1.807) is 0 Å². The first kappa shape index (κ1) is 22.9. The van der Waals surface area contributed by atoms with Crippen molar-refractivity contribution in [1.82, 2.24) is 14.8 Å². The fraction of sp³-hybridized carbons (Fsp3) is 0.542. The summed E-state index contributed by atoms with van der Waals surface area (Å²) in [6, 6.07) is 12.8. The van der Waals surface area contributed by atoms with Gasteiger partial charge in [0.2, 0.25) is 5.88 Å². The number of ether oxygens (including phenoxy) is 2. The molecule has 2 aliphatic rings. The van der Waals surface area contributed by atoms with E-state index in [0.717, 1.165) is 76.4 Å². The molecule has 32 heavy (non-hydrogen) atoms. The molecule has 2 saturated heterocycles. The van der Waals surface area contributed by atoms with Crippen molar-refractivity contribution in [1.29, 1.82) is 0 Å². The topological polar surface area (TPSA) is 37.8 Å². The lowest BCUT2D eigenvalue weighted by Crippen LogP contribution is -2.49. The first-order chi connectivity index (χ1) is 15.5. The number of hydrogen-bond acceptors (Lipinski definition) is 5. The number of benzene rings is 1. The molecule has 0 spiro atoms. The Morgan fingerprint density at radius 3 is 2.25 bits per heavy atom. The van der Waals surface area contributed by atoms with Crippen LogP contribution in [0.3, 0.4) is 0 Å². The van der Waals surface area contributed by atoms with E-state index in [0.29, 0.717) is 12.6 Å². The summed E-state index contributed by atoms with van der Waals surface area (Å²) in [7, 11) is 0. The maximum atomic E-state index is 12.7. The van der Waals surface area contributed by atoms with Gasteiger partial charge in [-0.15, -0.1) is 0 Å². The molecule has 2 aromatic rings. The van der Waals surface area contributed by atoms with Crippen molar-refractivity contribution in [2.24, 2.45) is 0 Å². The molecule has 0 bridgehead atoms. The molecule has 2 fully saturated rings. The van der Waals surface area contributed by atoms with Crippen molar-refractivity contribution in [2.75, 3.05) is 39.3 Å². The smallest absolute Gasteiger partial charge is 0.417 e. The van der Waals surface area contributed by atoms with Gasteiger partial charge in [-0.1, -0.05) is 18.2 Å². The van der Waals surface area contributed by atoms with Crippen LogP contribution in [0.1, 0.15) is 31.2 Å². The standard InChI is InChI=1S/C24H30F3N3O2/c25-24(26,27)19-6-7-23(28-18-19)32-22-10-14-30(15-11-22)20-8-12-29(13-9-20)16-17-31-21-4-2-1-3-5-21/h1-7,18,20,22H,8-17H2. The molecule has 1 aromatic carbocycles. The molecule has 1 aromatic heterocycles. The number of likely N-dealkylation sites (tertiary alicyclic amines) is 2. The van der Waals surface area contributed by atoms with Gasteiger partial charge in [-0.2, -0.15) is 13.2 Å². The summed E-state index contributed by atoms with van der Waals surface area (Å²) >= 11 is 0. The van der Waals surface area contributed by atoms with Crippen LogP contribution in [-0.2, 0) is 6.18 Å². The highest BCUT2D eigenvalue weighted by Gasteiger charge is 2.31. The number of rotatable bonds is 7. The van der Waals surface area contributed by atoms with Gasteiger partial charge in [-0.25, -0.2) is 4.98 Å². The summed E-state index contributed by atoms with van der Waals surface area (Å²) in [6.45, 7) is 5.71. The van der Waals surface area contributed by atoms with Crippen LogP contribution in [0.4, 0.5) is 13.2 Å². The van der Waals surface area contributed by atoms with Gasteiger partial charge in [0.1, 0.15) is 18.5 Å². The minimum Gasteiger partial charge on any atom is -0.492 e. The highest BCUT2D eigenvalue weighted by molar-refractivity contribution is 5.21. The number of aromatic nitrogens is 1. The van der Waals surface area contributed by atoms with E-state index in [1.165, 1.54) is 6.07 Å². The first-order valence-corrected chi connectivity index (χ1v) is 11.3. The van der Waals surface area contributed by atoms with Gasteiger partial charge >= 0.3 is 6.18 Å². The van der Waals surface area contributed by atoms with Crippen LogP contribution in [0.25, 0.3) is 0 Å². The number of hydrogen-bond donors (Lipinski definition) is 0. The van der Waals surface area contributed by atoms with Crippen molar-refractivity contribution in [3.8, 4) is 11.6 Å². The van der Waals surface area contributed by atoms with Gasteiger partial charge in [0.05, 0.1) is 5.56 Å². The van der Waals surface area contributed by atoms with E-state index < -0.39 is 11.7 Å². The van der Waals surface area contributed by atoms with Crippen molar-refractivity contribution in [3.05, 3.63) is 54.2 Å². The average molecular weight is 450 g/mol. The third-order valence-electron chi connectivity index (χ3n) is 6.32. The Morgan fingerprint density at radius 1 is 0.906 bits per heavy atom. The number of alkyl halides is 3. The molecular formula is C24H30F3N3O2. The Kier molecular flexibility index (Phi) is 7.52. The van der Waals surface area contributed by atoms with Crippen molar-refractivity contribution >= 4 is 0 Å². The van der Waals surface area contributed by atoms with Crippen LogP contribution in [0.15, 0.2) is 48.7 Å². The molecule has 174 valence electrons. The molecule has 5 nitrogen and oxygen atoms in total. The Hall–Kier alpha value is -2.32. The molecule has 0 radical (unpaired) electrons. The number of piperidine rings is 2. The third kappa shape index (κ3) is 6.36. The predicted molar refractivity (Wildman–Crippen MR) is 116 cm³/mol. The Labute approximate surface area is 187 Å². The van der Waals surface area contributed by atoms with Gasteiger partial charge in [-0.05, 0) is 57.0 Å². The summed E-state index contributed by atoms with van der Waals surface area (Å²) in [4.78, 5) is 8.83. The van der Waals surface area contributed by atoms with Crippen molar-refractivity contribution < 1.29 is 22.6 Å². The molecule has 4 rings (SSSR count). The Morgan fingerprint density at radius 2 is 1.62 bits per heavy atom. The zero-order valence-corrected chi connectivity index (χ0v) is 18.1. The van der Waals surface area contributed by atoms with Gasteiger partial charge in [0, 0.05) is 37.9 Å². The SMILES string of the molecule is FC(F)(F)c1ccc(OC2CCN(C3CCN(CCOc4ccccc4)CC3)CC2)nc1. The average Bonchev–Trinajstić information content (AvgIpc) is 2.81. The summed E-state index contributed by atoms with van der Waals surface area (Å²) < 4.78 is 49.6. The minimum absolute atomic E-state index is 0.00529. The van der Waals surface area contributed by atoms with Gasteiger partial charge in [0.15, 0.2) is 0 Å². The first-order valence-electron chi connectivity index (χ1n) is 11.3.